The molecule has 3 aromatic rings. The van der Waals surface area contributed by atoms with E-state index in [-0.39, 0.29) is 17.9 Å². The molecule has 2 amide bonds. The highest BCUT2D eigenvalue weighted by molar-refractivity contribution is 5.85. The van der Waals surface area contributed by atoms with Gasteiger partial charge in [-0.1, -0.05) is 24.3 Å². The monoisotopic (exact) mass is 380 g/mol. The van der Waals surface area contributed by atoms with Crippen LogP contribution >= 0.6 is 0 Å². The van der Waals surface area contributed by atoms with E-state index >= 15 is 0 Å². The zero-order valence-corrected chi connectivity index (χ0v) is 15.5. The largest absolute Gasteiger partial charge is 0.497 e. The number of aromatic nitrogens is 2. The number of ether oxygens (including phenoxy) is 1. The Morgan fingerprint density at radius 3 is 2.54 bits per heavy atom. The first-order chi connectivity index (χ1) is 13.5. The fourth-order valence-electron chi connectivity index (χ4n) is 2.85. The van der Waals surface area contributed by atoms with E-state index in [0.29, 0.717) is 16.7 Å². The van der Waals surface area contributed by atoms with Gasteiger partial charge in [0.2, 0.25) is 11.8 Å². The lowest BCUT2D eigenvalue weighted by Crippen LogP contribution is -2.36. The number of hydrogen-bond acceptors (Lipinski definition) is 5. The molecule has 144 valence electrons. The molecule has 0 radical (unpaired) electrons. The Labute approximate surface area is 161 Å². The molecule has 0 aliphatic carbocycles. The fourth-order valence-corrected chi connectivity index (χ4v) is 2.85. The number of carbonyl (C=O) groups excluding carboxylic acids is 2. The number of amides is 2. The topological polar surface area (TPSA) is 102 Å². The summed E-state index contributed by atoms with van der Waals surface area (Å²) < 4.78 is 6.17. The predicted molar refractivity (Wildman–Crippen MR) is 105 cm³/mol. The molecule has 1 aromatic heterocycles. The van der Waals surface area contributed by atoms with Gasteiger partial charge in [-0.15, -0.1) is 0 Å². The summed E-state index contributed by atoms with van der Waals surface area (Å²) in [6.07, 6.45) is 1.22. The van der Waals surface area contributed by atoms with Crippen LogP contribution in [-0.4, -0.2) is 28.6 Å². The van der Waals surface area contributed by atoms with Crippen LogP contribution in [-0.2, 0) is 9.59 Å². The molecule has 0 spiro atoms. The lowest BCUT2D eigenvalue weighted by molar-refractivity contribution is -0.120. The maximum Gasteiger partial charge on any atom is 0.280 e. The lowest BCUT2D eigenvalue weighted by atomic mass is 10.0. The molecule has 0 fully saturated rings. The summed E-state index contributed by atoms with van der Waals surface area (Å²) >= 11 is 0. The van der Waals surface area contributed by atoms with Crippen molar-refractivity contribution in [2.75, 3.05) is 12.5 Å². The van der Waals surface area contributed by atoms with Crippen molar-refractivity contribution in [1.82, 2.24) is 15.0 Å². The molecule has 28 heavy (non-hydrogen) atoms. The van der Waals surface area contributed by atoms with Gasteiger partial charge in [-0.3, -0.25) is 19.8 Å². The van der Waals surface area contributed by atoms with E-state index in [1.807, 2.05) is 0 Å². The van der Waals surface area contributed by atoms with Crippen molar-refractivity contribution in [3.05, 3.63) is 70.8 Å². The second-order valence-corrected chi connectivity index (χ2v) is 6.20. The van der Waals surface area contributed by atoms with Crippen molar-refractivity contribution >= 4 is 22.7 Å². The summed E-state index contributed by atoms with van der Waals surface area (Å²) in [6, 6.07) is 13.4. The minimum atomic E-state index is -0.549. The van der Waals surface area contributed by atoms with Crippen LogP contribution in [0.2, 0.25) is 0 Å². The van der Waals surface area contributed by atoms with Crippen molar-refractivity contribution in [2.24, 2.45) is 0 Å². The molecule has 1 unspecified atom stereocenters. The minimum Gasteiger partial charge on any atom is -0.497 e. The van der Waals surface area contributed by atoms with E-state index < -0.39 is 11.9 Å². The van der Waals surface area contributed by atoms with Gasteiger partial charge in [0, 0.05) is 6.92 Å². The highest BCUT2D eigenvalue weighted by atomic mass is 16.5. The van der Waals surface area contributed by atoms with Crippen LogP contribution in [0.1, 0.15) is 24.9 Å². The number of nitrogens with one attached hydrogen (secondary N) is 2. The van der Waals surface area contributed by atoms with Crippen molar-refractivity contribution in [3.63, 3.8) is 0 Å². The first kappa shape index (κ1) is 19.1. The van der Waals surface area contributed by atoms with E-state index in [1.165, 1.54) is 13.3 Å². The molecular weight excluding hydrogens is 360 g/mol. The Bertz CT molecular complexity index is 1060. The maximum absolute atomic E-state index is 12.5. The van der Waals surface area contributed by atoms with Crippen LogP contribution in [0.25, 0.3) is 10.9 Å². The Morgan fingerprint density at radius 2 is 1.86 bits per heavy atom. The van der Waals surface area contributed by atoms with Gasteiger partial charge < -0.3 is 10.1 Å². The Hall–Kier alpha value is -3.68. The zero-order chi connectivity index (χ0) is 20.1. The lowest BCUT2D eigenvalue weighted by Gasteiger charge is -2.18. The van der Waals surface area contributed by atoms with Crippen LogP contribution in [0.3, 0.4) is 0 Å². The molecule has 0 saturated heterocycles. The van der Waals surface area contributed by atoms with Crippen molar-refractivity contribution < 1.29 is 14.3 Å². The molecule has 0 bridgehead atoms. The second-order valence-electron chi connectivity index (χ2n) is 6.20. The van der Waals surface area contributed by atoms with Crippen LogP contribution in [0.4, 0.5) is 0 Å². The molecule has 0 aliphatic rings. The van der Waals surface area contributed by atoms with Gasteiger partial charge in [0.05, 0.1) is 30.5 Å². The summed E-state index contributed by atoms with van der Waals surface area (Å²) in [6.45, 7) is 1.38. The molecule has 1 atom stereocenters. The zero-order valence-electron chi connectivity index (χ0n) is 15.5. The summed E-state index contributed by atoms with van der Waals surface area (Å²) in [5.41, 5.74) is 3.44. The van der Waals surface area contributed by atoms with E-state index in [0.717, 1.165) is 10.2 Å². The molecule has 1 heterocycles. The number of carbonyl (C=O) groups is 2. The molecule has 8 nitrogen and oxygen atoms in total. The van der Waals surface area contributed by atoms with Gasteiger partial charge >= 0.3 is 0 Å². The fraction of sp³-hybridized carbons (Fsp3) is 0.200. The predicted octanol–water partition coefficient (Wildman–Crippen LogP) is 1.74. The highest BCUT2D eigenvalue weighted by Gasteiger charge is 2.18. The quantitative estimate of drug-likeness (QED) is 0.678. The van der Waals surface area contributed by atoms with Crippen molar-refractivity contribution in [3.8, 4) is 5.75 Å². The molecule has 8 heteroatoms. The average Bonchev–Trinajstić information content (AvgIpc) is 2.69. The van der Waals surface area contributed by atoms with Crippen LogP contribution in [0.5, 0.6) is 5.75 Å². The first-order valence-electron chi connectivity index (χ1n) is 8.65. The van der Waals surface area contributed by atoms with Gasteiger partial charge in [-0.2, -0.15) is 0 Å². The summed E-state index contributed by atoms with van der Waals surface area (Å²) in [4.78, 5) is 40.7. The number of hydrogen-bond donors (Lipinski definition) is 2. The molecule has 2 aromatic carbocycles. The van der Waals surface area contributed by atoms with Gasteiger partial charge in [-0.25, -0.2) is 9.66 Å². The van der Waals surface area contributed by atoms with Gasteiger partial charge in [0.1, 0.15) is 12.1 Å². The van der Waals surface area contributed by atoms with E-state index in [9.17, 15) is 14.4 Å². The number of methoxy groups -OCH3 is 1. The summed E-state index contributed by atoms with van der Waals surface area (Å²) in [5.74, 6) is -0.0320. The standard InChI is InChI=1S/C20H20N4O4/c1-13(25)22-18(14-7-9-15(28-2)10-8-14)11-19(26)23-24-12-21-17-6-4-3-5-16(17)20(24)27/h3-10,12,18H,11H2,1-2H3,(H,22,25)(H,23,26). The third-order valence-electron chi connectivity index (χ3n) is 4.20. The van der Waals surface area contributed by atoms with Crippen LogP contribution < -0.4 is 21.0 Å². The Balaban J connectivity index is 1.79. The molecule has 0 aliphatic heterocycles. The second kappa shape index (κ2) is 8.34. The molecule has 2 N–H and O–H groups in total. The first-order valence-corrected chi connectivity index (χ1v) is 8.65. The smallest absolute Gasteiger partial charge is 0.280 e. The van der Waals surface area contributed by atoms with Crippen molar-refractivity contribution in [2.45, 2.75) is 19.4 Å². The SMILES string of the molecule is COc1ccc(C(CC(=O)Nn2cnc3ccccc3c2=O)NC(C)=O)cc1. The number of para-hydroxylation sites is 1. The molecule has 3 rings (SSSR count). The average molecular weight is 380 g/mol. The number of rotatable bonds is 6. The third-order valence-corrected chi connectivity index (χ3v) is 4.20. The van der Waals surface area contributed by atoms with Gasteiger partial charge in [-0.05, 0) is 29.8 Å². The maximum atomic E-state index is 12.5. The minimum absolute atomic E-state index is 0.0504. The summed E-state index contributed by atoms with van der Waals surface area (Å²) in [5, 5.41) is 3.15. The van der Waals surface area contributed by atoms with Crippen LogP contribution in [0.15, 0.2) is 59.7 Å². The Morgan fingerprint density at radius 1 is 1.14 bits per heavy atom. The van der Waals surface area contributed by atoms with Gasteiger partial charge in [0.25, 0.3) is 5.56 Å². The molecular formula is C20H20N4O4. The van der Waals surface area contributed by atoms with Crippen molar-refractivity contribution in [1.29, 1.82) is 0 Å². The normalized spacial score (nSPS) is 11.6. The molecule has 0 saturated carbocycles. The number of nitrogens with zero attached hydrogens (tertiary/aromatic N) is 2. The van der Waals surface area contributed by atoms with E-state index in [1.54, 1.807) is 55.6 Å². The third kappa shape index (κ3) is 4.35. The Kier molecular flexibility index (Phi) is 5.69. The van der Waals surface area contributed by atoms with E-state index in [2.05, 4.69) is 15.7 Å². The van der Waals surface area contributed by atoms with E-state index in [4.69, 9.17) is 4.74 Å². The van der Waals surface area contributed by atoms with Gasteiger partial charge in [0.15, 0.2) is 0 Å². The summed E-state index contributed by atoms with van der Waals surface area (Å²) in [7, 11) is 1.56. The highest BCUT2D eigenvalue weighted by Crippen LogP contribution is 2.20. The van der Waals surface area contributed by atoms with Crippen LogP contribution in [0, 0.1) is 0 Å². The number of benzene rings is 2. The number of fused-ring (bicyclic) bond motifs is 1.